The van der Waals surface area contributed by atoms with E-state index in [4.69, 9.17) is 14.7 Å². The zero-order valence-corrected chi connectivity index (χ0v) is 17.8. The summed E-state index contributed by atoms with van der Waals surface area (Å²) in [5.74, 6) is -0.958. The Labute approximate surface area is 181 Å². The summed E-state index contributed by atoms with van der Waals surface area (Å²) < 4.78 is 10.5. The zero-order chi connectivity index (χ0) is 22.8. The van der Waals surface area contributed by atoms with Crippen LogP contribution in [0.4, 0.5) is 5.69 Å². The minimum atomic E-state index is -0.934. The highest BCUT2D eigenvalue weighted by Crippen LogP contribution is 2.15. The lowest BCUT2D eigenvalue weighted by Gasteiger charge is -2.19. The number of ether oxygens (including phenoxy) is 2. The predicted molar refractivity (Wildman–Crippen MR) is 115 cm³/mol. The molecule has 0 saturated carbocycles. The maximum Gasteiger partial charge on any atom is 0.347 e. The van der Waals surface area contributed by atoms with Crippen molar-refractivity contribution in [2.75, 3.05) is 25.0 Å². The van der Waals surface area contributed by atoms with E-state index < -0.39 is 24.6 Å². The van der Waals surface area contributed by atoms with Crippen molar-refractivity contribution in [3.8, 4) is 11.8 Å². The van der Waals surface area contributed by atoms with Crippen LogP contribution in [0.5, 0.6) is 5.75 Å². The molecular weight excluding hydrogens is 398 g/mol. The van der Waals surface area contributed by atoms with Crippen LogP contribution in [0.15, 0.2) is 48.5 Å². The molecule has 0 bridgehead atoms. The van der Waals surface area contributed by atoms with E-state index in [0.717, 1.165) is 0 Å². The second-order valence-electron chi connectivity index (χ2n) is 6.61. The lowest BCUT2D eigenvalue weighted by molar-refractivity contribution is -0.153. The smallest absolute Gasteiger partial charge is 0.347 e. The predicted octanol–water partition coefficient (Wildman–Crippen LogP) is 2.99. The maximum absolute atomic E-state index is 12.4. The van der Waals surface area contributed by atoms with Crippen LogP contribution in [0.3, 0.4) is 0 Å². The van der Waals surface area contributed by atoms with E-state index in [2.05, 4.69) is 5.32 Å². The molecule has 0 spiro atoms. The van der Waals surface area contributed by atoms with Crippen molar-refractivity contribution >= 4 is 23.5 Å². The van der Waals surface area contributed by atoms with E-state index in [1.54, 1.807) is 53.4 Å². The molecule has 0 unspecified atom stereocenters. The van der Waals surface area contributed by atoms with Crippen LogP contribution in [0.1, 0.15) is 36.7 Å². The quantitative estimate of drug-likeness (QED) is 0.621. The number of esters is 1. The molecule has 2 amide bonds. The average Bonchev–Trinajstić information content (AvgIpc) is 2.78. The minimum Gasteiger partial charge on any atom is -0.479 e. The van der Waals surface area contributed by atoms with Gasteiger partial charge in [0.05, 0.1) is 11.6 Å². The Kier molecular flexibility index (Phi) is 8.58. The van der Waals surface area contributed by atoms with Crippen molar-refractivity contribution in [1.29, 1.82) is 5.26 Å². The summed E-state index contributed by atoms with van der Waals surface area (Å²) in [4.78, 5) is 38.3. The van der Waals surface area contributed by atoms with Gasteiger partial charge in [0.1, 0.15) is 5.75 Å². The van der Waals surface area contributed by atoms with Crippen LogP contribution in [-0.2, 0) is 14.3 Å². The number of hydrogen-bond acceptors (Lipinski definition) is 6. The van der Waals surface area contributed by atoms with E-state index in [0.29, 0.717) is 35.7 Å². The number of nitrogens with one attached hydrogen (secondary N) is 1. The molecule has 0 aliphatic rings. The number of benzene rings is 2. The Bertz CT molecular complexity index is 962. The fourth-order valence-corrected chi connectivity index (χ4v) is 2.73. The summed E-state index contributed by atoms with van der Waals surface area (Å²) in [6, 6.07) is 14.9. The average molecular weight is 423 g/mol. The van der Waals surface area contributed by atoms with Crippen molar-refractivity contribution in [2.45, 2.75) is 26.9 Å². The SMILES string of the molecule is CCN(CC)C(=O)c1cccc(NC(=O)COC(=O)[C@H](C)Oc2ccc(C#N)cc2)c1. The van der Waals surface area contributed by atoms with E-state index in [1.165, 1.54) is 6.92 Å². The molecule has 162 valence electrons. The van der Waals surface area contributed by atoms with Crippen LogP contribution in [0.2, 0.25) is 0 Å². The Balaban J connectivity index is 1.87. The molecule has 0 heterocycles. The van der Waals surface area contributed by atoms with Crippen LogP contribution >= 0.6 is 0 Å². The number of carbonyl (C=O) groups is 3. The van der Waals surface area contributed by atoms with Crippen LogP contribution in [0, 0.1) is 11.3 Å². The van der Waals surface area contributed by atoms with Gasteiger partial charge in [0.15, 0.2) is 12.7 Å². The molecule has 1 atom stereocenters. The fourth-order valence-electron chi connectivity index (χ4n) is 2.73. The van der Waals surface area contributed by atoms with Gasteiger partial charge in [0.2, 0.25) is 0 Å². The van der Waals surface area contributed by atoms with Crippen molar-refractivity contribution in [2.24, 2.45) is 0 Å². The Morgan fingerprint density at radius 1 is 1.10 bits per heavy atom. The summed E-state index contributed by atoms with van der Waals surface area (Å²) in [7, 11) is 0. The third kappa shape index (κ3) is 6.85. The number of nitriles is 1. The van der Waals surface area contributed by atoms with Gasteiger partial charge in [0, 0.05) is 24.3 Å². The number of anilines is 1. The second kappa shape index (κ2) is 11.4. The van der Waals surface area contributed by atoms with Gasteiger partial charge in [-0.1, -0.05) is 6.07 Å². The van der Waals surface area contributed by atoms with Crippen LogP contribution in [-0.4, -0.2) is 48.5 Å². The Morgan fingerprint density at radius 3 is 2.39 bits per heavy atom. The number of carbonyl (C=O) groups excluding carboxylic acids is 3. The highest BCUT2D eigenvalue weighted by Gasteiger charge is 2.18. The lowest BCUT2D eigenvalue weighted by Crippen LogP contribution is -2.31. The molecule has 0 fully saturated rings. The van der Waals surface area contributed by atoms with Gasteiger partial charge < -0.3 is 19.7 Å². The van der Waals surface area contributed by atoms with Gasteiger partial charge in [-0.25, -0.2) is 4.79 Å². The molecule has 2 rings (SSSR count). The summed E-state index contributed by atoms with van der Waals surface area (Å²) in [6.45, 7) is 5.98. The van der Waals surface area contributed by atoms with Gasteiger partial charge in [-0.3, -0.25) is 9.59 Å². The first-order chi connectivity index (χ1) is 14.9. The molecule has 0 radical (unpaired) electrons. The number of rotatable bonds is 9. The van der Waals surface area contributed by atoms with Crippen molar-refractivity contribution in [1.82, 2.24) is 4.90 Å². The van der Waals surface area contributed by atoms with Crippen molar-refractivity contribution in [3.05, 3.63) is 59.7 Å². The summed E-state index contributed by atoms with van der Waals surface area (Å²) >= 11 is 0. The summed E-state index contributed by atoms with van der Waals surface area (Å²) in [6.07, 6.45) is -0.934. The van der Waals surface area contributed by atoms with Gasteiger partial charge in [-0.15, -0.1) is 0 Å². The first kappa shape index (κ1) is 23.4. The Hall–Kier alpha value is -3.86. The first-order valence-electron chi connectivity index (χ1n) is 9.90. The molecule has 1 N–H and O–H groups in total. The normalized spacial score (nSPS) is 11.0. The second-order valence-corrected chi connectivity index (χ2v) is 6.61. The van der Waals surface area contributed by atoms with Crippen LogP contribution in [0.25, 0.3) is 0 Å². The fraction of sp³-hybridized carbons (Fsp3) is 0.304. The highest BCUT2D eigenvalue weighted by molar-refractivity contribution is 5.97. The minimum absolute atomic E-state index is 0.124. The van der Waals surface area contributed by atoms with Crippen molar-refractivity contribution in [3.63, 3.8) is 0 Å². The zero-order valence-electron chi connectivity index (χ0n) is 17.8. The molecule has 8 heteroatoms. The molecule has 2 aromatic carbocycles. The molecule has 2 aromatic rings. The lowest BCUT2D eigenvalue weighted by atomic mass is 10.1. The van der Waals surface area contributed by atoms with E-state index in [-0.39, 0.29) is 5.91 Å². The van der Waals surface area contributed by atoms with E-state index in [1.807, 2.05) is 19.9 Å². The number of amides is 2. The molecular formula is C23H25N3O5. The molecule has 0 aliphatic carbocycles. The van der Waals surface area contributed by atoms with Crippen molar-refractivity contribution < 1.29 is 23.9 Å². The topological polar surface area (TPSA) is 109 Å². The largest absolute Gasteiger partial charge is 0.479 e. The number of nitrogens with zero attached hydrogens (tertiary/aromatic N) is 2. The van der Waals surface area contributed by atoms with Gasteiger partial charge in [-0.05, 0) is 63.2 Å². The third-order valence-electron chi connectivity index (χ3n) is 4.42. The highest BCUT2D eigenvalue weighted by atomic mass is 16.6. The molecule has 0 aromatic heterocycles. The maximum atomic E-state index is 12.4. The Morgan fingerprint density at radius 2 is 1.77 bits per heavy atom. The third-order valence-corrected chi connectivity index (χ3v) is 4.42. The van der Waals surface area contributed by atoms with Gasteiger partial charge in [0.25, 0.3) is 11.8 Å². The summed E-state index contributed by atoms with van der Waals surface area (Å²) in [5.41, 5.74) is 1.37. The van der Waals surface area contributed by atoms with E-state index >= 15 is 0 Å². The molecule has 0 saturated heterocycles. The van der Waals surface area contributed by atoms with E-state index in [9.17, 15) is 14.4 Å². The van der Waals surface area contributed by atoms with Gasteiger partial charge in [-0.2, -0.15) is 5.26 Å². The van der Waals surface area contributed by atoms with Crippen LogP contribution < -0.4 is 10.1 Å². The summed E-state index contributed by atoms with van der Waals surface area (Å²) in [5, 5.41) is 11.4. The van der Waals surface area contributed by atoms with Gasteiger partial charge >= 0.3 is 5.97 Å². The first-order valence-corrected chi connectivity index (χ1v) is 9.90. The molecule has 8 nitrogen and oxygen atoms in total. The standard InChI is InChI=1S/C23H25N3O5/c1-4-26(5-2)22(28)18-7-6-8-19(13-18)25-21(27)15-30-23(29)16(3)31-20-11-9-17(14-24)10-12-20/h6-13,16H,4-5,15H2,1-3H3,(H,25,27)/t16-/m0/s1. The molecule has 31 heavy (non-hydrogen) atoms. The monoisotopic (exact) mass is 423 g/mol. The molecule has 0 aliphatic heterocycles. The number of hydrogen-bond donors (Lipinski definition) is 1.